The van der Waals surface area contributed by atoms with Crippen molar-refractivity contribution in [3.63, 3.8) is 0 Å². The van der Waals surface area contributed by atoms with E-state index >= 15 is 0 Å². The number of hydrogen-bond acceptors (Lipinski definition) is 2. The zero-order chi connectivity index (χ0) is 16.7. The number of alkyl halides is 3. The predicted molar refractivity (Wildman–Crippen MR) is 84.7 cm³/mol. The van der Waals surface area contributed by atoms with Gasteiger partial charge in [-0.05, 0) is 49.4 Å². The van der Waals surface area contributed by atoms with Crippen LogP contribution in [0.2, 0.25) is 0 Å². The van der Waals surface area contributed by atoms with Crippen LogP contribution < -0.4 is 0 Å². The average Bonchev–Trinajstić information content (AvgIpc) is 3.21. The largest absolute Gasteiger partial charge is 0.435 e. The van der Waals surface area contributed by atoms with Gasteiger partial charge in [-0.15, -0.1) is 0 Å². The van der Waals surface area contributed by atoms with Crippen LogP contribution in [-0.4, -0.2) is 33.8 Å². The molecule has 0 radical (unpaired) electrons. The highest BCUT2D eigenvalue weighted by Crippen LogP contribution is 2.32. The summed E-state index contributed by atoms with van der Waals surface area (Å²) in [5.41, 5.74) is 2.01. The van der Waals surface area contributed by atoms with Crippen molar-refractivity contribution >= 4 is 0 Å². The SMILES string of the molecule is FC(F)(F)c1ccn(C2CCCN(C3Cc4ccccc4C3)C2)n1. The minimum atomic E-state index is -4.37. The van der Waals surface area contributed by atoms with Gasteiger partial charge < -0.3 is 0 Å². The molecule has 1 aliphatic heterocycles. The summed E-state index contributed by atoms with van der Waals surface area (Å²) in [5, 5.41) is 3.77. The minimum absolute atomic E-state index is 0.0264. The Balaban J connectivity index is 1.46. The molecule has 1 aromatic carbocycles. The van der Waals surface area contributed by atoms with Crippen LogP contribution in [0.3, 0.4) is 0 Å². The summed E-state index contributed by atoms with van der Waals surface area (Å²) in [6.45, 7) is 1.79. The van der Waals surface area contributed by atoms with Crippen LogP contribution in [-0.2, 0) is 19.0 Å². The molecule has 2 aliphatic rings. The fraction of sp³-hybridized carbons (Fsp3) is 0.500. The smallest absolute Gasteiger partial charge is 0.298 e. The lowest BCUT2D eigenvalue weighted by Crippen LogP contribution is -2.43. The highest BCUT2D eigenvalue weighted by atomic mass is 19.4. The molecule has 2 aromatic rings. The maximum atomic E-state index is 12.8. The van der Waals surface area contributed by atoms with E-state index in [0.717, 1.165) is 44.8 Å². The summed E-state index contributed by atoms with van der Waals surface area (Å²) in [5.74, 6) is 0. The van der Waals surface area contributed by atoms with Crippen molar-refractivity contribution in [2.75, 3.05) is 13.1 Å². The number of hydrogen-bond donors (Lipinski definition) is 0. The summed E-state index contributed by atoms with van der Waals surface area (Å²) >= 11 is 0. The van der Waals surface area contributed by atoms with E-state index in [4.69, 9.17) is 0 Å². The zero-order valence-corrected chi connectivity index (χ0v) is 13.3. The fourth-order valence-electron chi connectivity index (χ4n) is 4.02. The molecule has 24 heavy (non-hydrogen) atoms. The Bertz CT molecular complexity index is 697. The Morgan fingerprint density at radius 1 is 1.00 bits per heavy atom. The van der Waals surface area contributed by atoms with Gasteiger partial charge in [-0.25, -0.2) is 0 Å². The van der Waals surface area contributed by atoms with Crippen LogP contribution in [0.4, 0.5) is 13.2 Å². The molecule has 0 N–H and O–H groups in total. The standard InChI is InChI=1S/C18H20F3N3/c19-18(20,21)17-7-9-24(22-17)15-6-3-8-23(12-15)16-10-13-4-1-2-5-14(13)11-16/h1-2,4-5,7,9,15-16H,3,6,8,10-12H2. The molecule has 1 saturated heterocycles. The Morgan fingerprint density at radius 2 is 1.71 bits per heavy atom. The number of rotatable bonds is 2. The molecule has 0 spiro atoms. The van der Waals surface area contributed by atoms with Gasteiger partial charge in [0.1, 0.15) is 0 Å². The Labute approximate surface area is 139 Å². The van der Waals surface area contributed by atoms with E-state index in [1.807, 2.05) is 0 Å². The average molecular weight is 335 g/mol. The molecule has 1 aromatic heterocycles. The number of piperidine rings is 1. The number of fused-ring (bicyclic) bond motifs is 1. The van der Waals surface area contributed by atoms with E-state index in [1.54, 1.807) is 0 Å². The molecule has 4 rings (SSSR count). The predicted octanol–water partition coefficient (Wildman–Crippen LogP) is 3.71. The summed E-state index contributed by atoms with van der Waals surface area (Å²) in [6, 6.07) is 10.1. The molecule has 0 amide bonds. The van der Waals surface area contributed by atoms with Gasteiger partial charge in [0.05, 0.1) is 6.04 Å². The third-order valence-electron chi connectivity index (χ3n) is 5.25. The van der Waals surface area contributed by atoms with E-state index < -0.39 is 11.9 Å². The molecular formula is C18H20F3N3. The second kappa shape index (κ2) is 5.92. The number of halogens is 3. The van der Waals surface area contributed by atoms with Crippen molar-refractivity contribution in [2.45, 2.75) is 43.9 Å². The molecule has 1 atom stereocenters. The summed E-state index contributed by atoms with van der Waals surface area (Å²) in [4.78, 5) is 2.43. The van der Waals surface area contributed by atoms with Crippen LogP contribution in [0.25, 0.3) is 0 Å². The van der Waals surface area contributed by atoms with Crippen LogP contribution >= 0.6 is 0 Å². The highest BCUT2D eigenvalue weighted by molar-refractivity contribution is 5.33. The van der Waals surface area contributed by atoms with Crippen molar-refractivity contribution in [1.82, 2.24) is 14.7 Å². The van der Waals surface area contributed by atoms with Crippen molar-refractivity contribution in [3.8, 4) is 0 Å². The summed E-state index contributed by atoms with van der Waals surface area (Å²) in [6.07, 6.45) is 1.06. The van der Waals surface area contributed by atoms with E-state index in [9.17, 15) is 13.2 Å². The first-order valence-electron chi connectivity index (χ1n) is 8.44. The maximum Gasteiger partial charge on any atom is 0.435 e. The Hall–Kier alpha value is -1.82. The van der Waals surface area contributed by atoms with Crippen molar-refractivity contribution < 1.29 is 13.2 Å². The van der Waals surface area contributed by atoms with Gasteiger partial charge in [-0.2, -0.15) is 18.3 Å². The molecule has 1 aliphatic carbocycles. The summed E-state index contributed by atoms with van der Waals surface area (Å²) in [7, 11) is 0. The quantitative estimate of drug-likeness (QED) is 0.834. The van der Waals surface area contributed by atoms with E-state index in [0.29, 0.717) is 6.04 Å². The monoisotopic (exact) mass is 335 g/mol. The maximum absolute atomic E-state index is 12.8. The van der Waals surface area contributed by atoms with Gasteiger partial charge in [0.2, 0.25) is 0 Å². The lowest BCUT2D eigenvalue weighted by atomic mass is 10.0. The van der Waals surface area contributed by atoms with E-state index in [-0.39, 0.29) is 6.04 Å². The van der Waals surface area contributed by atoms with Gasteiger partial charge in [0.15, 0.2) is 5.69 Å². The third kappa shape index (κ3) is 2.95. The molecule has 6 heteroatoms. The number of benzene rings is 1. The molecule has 1 fully saturated rings. The lowest BCUT2D eigenvalue weighted by Gasteiger charge is -2.36. The highest BCUT2D eigenvalue weighted by Gasteiger charge is 2.35. The van der Waals surface area contributed by atoms with Crippen LogP contribution in [0.5, 0.6) is 0 Å². The summed E-state index contributed by atoms with van der Waals surface area (Å²) < 4.78 is 39.8. The molecule has 2 heterocycles. The second-order valence-electron chi connectivity index (χ2n) is 6.80. The first kappa shape index (κ1) is 15.7. The molecule has 1 unspecified atom stereocenters. The Morgan fingerprint density at radius 3 is 2.33 bits per heavy atom. The molecular weight excluding hydrogens is 315 g/mol. The molecule has 0 saturated carbocycles. The lowest BCUT2D eigenvalue weighted by molar-refractivity contribution is -0.141. The normalized spacial score (nSPS) is 22.7. The Kier molecular flexibility index (Phi) is 3.87. The first-order chi connectivity index (χ1) is 11.5. The van der Waals surface area contributed by atoms with Gasteiger partial charge in [-0.3, -0.25) is 9.58 Å². The molecule has 128 valence electrons. The van der Waals surface area contributed by atoms with E-state index in [2.05, 4.69) is 34.3 Å². The zero-order valence-electron chi connectivity index (χ0n) is 13.3. The van der Waals surface area contributed by atoms with Crippen LogP contribution in [0, 0.1) is 0 Å². The number of likely N-dealkylation sites (tertiary alicyclic amines) is 1. The minimum Gasteiger partial charge on any atom is -0.298 e. The van der Waals surface area contributed by atoms with Crippen LogP contribution in [0.15, 0.2) is 36.5 Å². The number of aromatic nitrogens is 2. The van der Waals surface area contributed by atoms with E-state index in [1.165, 1.54) is 22.0 Å². The third-order valence-corrected chi connectivity index (χ3v) is 5.25. The topological polar surface area (TPSA) is 21.1 Å². The van der Waals surface area contributed by atoms with Gasteiger partial charge in [0.25, 0.3) is 0 Å². The van der Waals surface area contributed by atoms with Gasteiger partial charge in [0, 0.05) is 18.8 Å². The second-order valence-corrected chi connectivity index (χ2v) is 6.80. The van der Waals surface area contributed by atoms with Gasteiger partial charge >= 0.3 is 6.18 Å². The van der Waals surface area contributed by atoms with Crippen LogP contribution in [0.1, 0.15) is 35.7 Å². The fourth-order valence-corrected chi connectivity index (χ4v) is 4.02. The van der Waals surface area contributed by atoms with Crippen molar-refractivity contribution in [1.29, 1.82) is 0 Å². The van der Waals surface area contributed by atoms with Crippen molar-refractivity contribution in [3.05, 3.63) is 53.3 Å². The number of nitrogens with zero attached hydrogens (tertiary/aromatic N) is 3. The molecule has 0 bridgehead atoms. The molecule has 3 nitrogen and oxygen atoms in total. The first-order valence-corrected chi connectivity index (χ1v) is 8.44. The van der Waals surface area contributed by atoms with Gasteiger partial charge in [-0.1, -0.05) is 24.3 Å². The van der Waals surface area contributed by atoms with Crippen molar-refractivity contribution in [2.24, 2.45) is 0 Å².